The molecule has 0 aromatic heterocycles. The van der Waals surface area contributed by atoms with Crippen LogP contribution in [0.2, 0.25) is 0 Å². The number of hydrogen-bond acceptors (Lipinski definition) is 5. The van der Waals surface area contributed by atoms with Gasteiger partial charge in [0.1, 0.15) is 5.25 Å². The van der Waals surface area contributed by atoms with E-state index in [1.807, 2.05) is 43.3 Å². The largest absolute Gasteiger partial charge is 0.378 e. The molecule has 1 fully saturated rings. The Labute approximate surface area is 132 Å². The summed E-state index contributed by atoms with van der Waals surface area (Å²) in [4.78, 5) is 7.45. The van der Waals surface area contributed by atoms with Gasteiger partial charge in [-0.25, -0.2) is 13.1 Å². The van der Waals surface area contributed by atoms with Crippen LogP contribution in [0.5, 0.6) is 0 Å². The Morgan fingerprint density at radius 1 is 1.41 bits per heavy atom. The first kappa shape index (κ1) is 17.0. The van der Waals surface area contributed by atoms with Crippen molar-refractivity contribution in [2.24, 2.45) is 0 Å². The van der Waals surface area contributed by atoms with Gasteiger partial charge in [-0.05, 0) is 17.7 Å². The van der Waals surface area contributed by atoms with E-state index in [0.29, 0.717) is 0 Å². The summed E-state index contributed by atoms with van der Waals surface area (Å²) in [6.45, 7) is 3.89. The van der Waals surface area contributed by atoms with Crippen LogP contribution in [0.15, 0.2) is 36.9 Å². The van der Waals surface area contributed by atoms with Gasteiger partial charge in [-0.3, -0.25) is 4.84 Å². The standard InChI is InChI=1S/C15H23N3O3S/c1-5-10-16-22(19,20)14-11-21-18(4)15(14)12-6-8-13(9-7-12)17(2)3/h5-9,14-16H,1,10-11H2,2-4H3/t14-,15+/m0/s1. The maximum Gasteiger partial charge on any atom is 0.219 e. The van der Waals surface area contributed by atoms with E-state index in [1.165, 1.54) is 6.08 Å². The predicted molar refractivity (Wildman–Crippen MR) is 88.1 cm³/mol. The van der Waals surface area contributed by atoms with E-state index in [4.69, 9.17) is 4.84 Å². The van der Waals surface area contributed by atoms with Gasteiger partial charge in [-0.15, -0.1) is 6.58 Å². The van der Waals surface area contributed by atoms with E-state index in [1.54, 1.807) is 12.1 Å². The van der Waals surface area contributed by atoms with E-state index in [0.717, 1.165) is 11.3 Å². The van der Waals surface area contributed by atoms with Gasteiger partial charge in [0, 0.05) is 33.4 Å². The molecule has 1 aromatic rings. The third kappa shape index (κ3) is 3.49. The first-order valence-electron chi connectivity index (χ1n) is 7.09. The number of nitrogens with zero attached hydrogens (tertiary/aromatic N) is 2. The van der Waals surface area contributed by atoms with Gasteiger partial charge in [0.15, 0.2) is 0 Å². The molecule has 2 rings (SSSR count). The molecule has 1 saturated heterocycles. The lowest BCUT2D eigenvalue weighted by molar-refractivity contribution is -0.110. The second kappa shape index (κ2) is 6.78. The second-order valence-electron chi connectivity index (χ2n) is 5.49. The van der Waals surface area contributed by atoms with Gasteiger partial charge in [0.25, 0.3) is 0 Å². The molecule has 0 aliphatic carbocycles. The molecule has 0 spiro atoms. The SMILES string of the molecule is C=CCNS(=O)(=O)[C@H]1CON(C)[C@@H]1c1ccc(N(C)C)cc1. The molecular weight excluding hydrogens is 302 g/mol. The third-order valence-electron chi connectivity index (χ3n) is 3.76. The van der Waals surface area contributed by atoms with Crippen LogP contribution in [-0.2, 0) is 14.9 Å². The minimum atomic E-state index is -3.48. The fourth-order valence-corrected chi connectivity index (χ4v) is 4.00. The summed E-state index contributed by atoms with van der Waals surface area (Å²) in [5.74, 6) is 0. The number of nitrogens with one attached hydrogen (secondary N) is 1. The smallest absolute Gasteiger partial charge is 0.219 e. The van der Waals surface area contributed by atoms with Crippen LogP contribution in [0.1, 0.15) is 11.6 Å². The molecule has 0 saturated carbocycles. The van der Waals surface area contributed by atoms with Gasteiger partial charge >= 0.3 is 0 Å². The lowest BCUT2D eigenvalue weighted by atomic mass is 10.0. The molecule has 0 amide bonds. The molecule has 1 aliphatic heterocycles. The number of hydrogen-bond donors (Lipinski definition) is 1. The van der Waals surface area contributed by atoms with Crippen LogP contribution in [0, 0.1) is 0 Å². The maximum absolute atomic E-state index is 12.4. The molecule has 1 heterocycles. The zero-order chi connectivity index (χ0) is 16.3. The van der Waals surface area contributed by atoms with Gasteiger partial charge in [-0.2, -0.15) is 5.06 Å². The van der Waals surface area contributed by atoms with Gasteiger partial charge in [-0.1, -0.05) is 18.2 Å². The number of hydroxylamine groups is 2. The lowest BCUT2D eigenvalue weighted by Gasteiger charge is -2.23. The molecule has 1 aliphatic rings. The summed E-state index contributed by atoms with van der Waals surface area (Å²) in [7, 11) is 2.21. The van der Waals surface area contributed by atoms with Gasteiger partial charge < -0.3 is 4.90 Å². The number of benzene rings is 1. The molecule has 2 atom stereocenters. The highest BCUT2D eigenvalue weighted by Gasteiger charge is 2.42. The Morgan fingerprint density at radius 2 is 2.05 bits per heavy atom. The van der Waals surface area contributed by atoms with Crippen LogP contribution >= 0.6 is 0 Å². The molecular formula is C15H23N3O3S. The Morgan fingerprint density at radius 3 is 2.59 bits per heavy atom. The number of sulfonamides is 1. The van der Waals surface area contributed by atoms with Crippen molar-refractivity contribution in [2.45, 2.75) is 11.3 Å². The summed E-state index contributed by atoms with van der Waals surface area (Å²) < 4.78 is 27.4. The van der Waals surface area contributed by atoms with Crippen LogP contribution in [0.25, 0.3) is 0 Å². The molecule has 7 heteroatoms. The van der Waals surface area contributed by atoms with Crippen molar-refractivity contribution in [1.29, 1.82) is 0 Å². The zero-order valence-corrected chi connectivity index (χ0v) is 14.0. The first-order valence-corrected chi connectivity index (χ1v) is 8.64. The van der Waals surface area contributed by atoms with Crippen molar-refractivity contribution in [3.05, 3.63) is 42.5 Å². The Hall–Kier alpha value is -1.41. The van der Waals surface area contributed by atoms with Crippen molar-refractivity contribution in [1.82, 2.24) is 9.79 Å². The van der Waals surface area contributed by atoms with Crippen molar-refractivity contribution in [3.8, 4) is 0 Å². The number of rotatable bonds is 6. The molecule has 6 nitrogen and oxygen atoms in total. The summed E-state index contributed by atoms with van der Waals surface area (Å²) in [6, 6.07) is 7.51. The normalized spacial score (nSPS) is 22.7. The first-order chi connectivity index (χ1) is 10.4. The quantitative estimate of drug-likeness (QED) is 0.795. The zero-order valence-electron chi connectivity index (χ0n) is 13.2. The molecule has 22 heavy (non-hydrogen) atoms. The maximum atomic E-state index is 12.4. The average molecular weight is 325 g/mol. The van der Waals surface area contributed by atoms with E-state index < -0.39 is 15.3 Å². The molecule has 0 bridgehead atoms. The highest BCUT2D eigenvalue weighted by molar-refractivity contribution is 7.90. The van der Waals surface area contributed by atoms with E-state index in [9.17, 15) is 8.42 Å². The van der Waals surface area contributed by atoms with Crippen molar-refractivity contribution in [3.63, 3.8) is 0 Å². The second-order valence-corrected chi connectivity index (χ2v) is 7.48. The Balaban J connectivity index is 2.28. The molecule has 0 radical (unpaired) electrons. The highest BCUT2D eigenvalue weighted by Crippen LogP contribution is 2.33. The predicted octanol–water partition coefficient (Wildman–Crippen LogP) is 1.14. The lowest BCUT2D eigenvalue weighted by Crippen LogP contribution is -2.39. The molecule has 122 valence electrons. The third-order valence-corrected chi connectivity index (χ3v) is 5.52. The summed E-state index contributed by atoms with van der Waals surface area (Å²) >= 11 is 0. The minimum Gasteiger partial charge on any atom is -0.378 e. The van der Waals surface area contributed by atoms with Crippen LogP contribution in [0.4, 0.5) is 5.69 Å². The van der Waals surface area contributed by atoms with Crippen LogP contribution in [0.3, 0.4) is 0 Å². The molecule has 1 aromatic carbocycles. The monoisotopic (exact) mass is 325 g/mol. The van der Waals surface area contributed by atoms with E-state index in [-0.39, 0.29) is 19.2 Å². The Kier molecular flexibility index (Phi) is 5.23. The summed E-state index contributed by atoms with van der Waals surface area (Å²) in [5, 5.41) is 0.963. The highest BCUT2D eigenvalue weighted by atomic mass is 32.2. The van der Waals surface area contributed by atoms with E-state index in [2.05, 4.69) is 11.3 Å². The van der Waals surface area contributed by atoms with Crippen LogP contribution < -0.4 is 9.62 Å². The van der Waals surface area contributed by atoms with Gasteiger partial charge in [0.05, 0.1) is 12.6 Å². The number of anilines is 1. The van der Waals surface area contributed by atoms with Crippen molar-refractivity contribution < 1.29 is 13.3 Å². The van der Waals surface area contributed by atoms with Crippen LogP contribution in [-0.4, -0.2) is 53.0 Å². The van der Waals surface area contributed by atoms with Crippen molar-refractivity contribution >= 4 is 15.7 Å². The van der Waals surface area contributed by atoms with Gasteiger partial charge in [0.2, 0.25) is 10.0 Å². The fourth-order valence-electron chi connectivity index (χ4n) is 2.53. The average Bonchev–Trinajstić information content (AvgIpc) is 2.88. The fraction of sp³-hybridized carbons (Fsp3) is 0.467. The minimum absolute atomic E-state index is 0.142. The Bertz CT molecular complexity index is 613. The molecule has 1 N–H and O–H groups in total. The van der Waals surface area contributed by atoms with E-state index >= 15 is 0 Å². The topological polar surface area (TPSA) is 61.9 Å². The summed E-state index contributed by atoms with van der Waals surface area (Å²) in [6.07, 6.45) is 1.53. The van der Waals surface area contributed by atoms with Crippen molar-refractivity contribution in [2.75, 3.05) is 39.2 Å². The summed E-state index contributed by atoms with van der Waals surface area (Å²) in [5.41, 5.74) is 1.98. The molecule has 0 unspecified atom stereocenters.